The molecule has 0 unspecified atom stereocenters. The molecule has 0 aromatic heterocycles. The van der Waals surface area contributed by atoms with E-state index in [2.05, 4.69) is 10.5 Å². The van der Waals surface area contributed by atoms with Crippen molar-refractivity contribution in [2.45, 2.75) is 13.5 Å². The van der Waals surface area contributed by atoms with Gasteiger partial charge in [0.2, 0.25) is 0 Å². The summed E-state index contributed by atoms with van der Waals surface area (Å²) in [6, 6.07) is 10.9. The molecule has 0 spiro atoms. The highest BCUT2D eigenvalue weighted by atomic mass is 35.5. The highest BCUT2D eigenvalue weighted by Crippen LogP contribution is 2.36. The van der Waals surface area contributed by atoms with Gasteiger partial charge in [-0.3, -0.25) is 0 Å². The molecule has 2 aromatic rings. The zero-order valence-electron chi connectivity index (χ0n) is 15.1. The molecular formula is C19H21ClN2O5. The molecule has 7 nitrogen and oxygen atoms in total. The minimum atomic E-state index is -1.10. The summed E-state index contributed by atoms with van der Waals surface area (Å²) in [6.07, 6.45) is 1.59. The number of para-hydroxylation sites is 1. The molecule has 0 fully saturated rings. The highest BCUT2D eigenvalue weighted by Gasteiger charge is 2.13. The fraction of sp³-hybridized carbons (Fsp3) is 0.263. The van der Waals surface area contributed by atoms with Crippen LogP contribution in [0.1, 0.15) is 18.1 Å². The number of hydrogen-bond acceptors (Lipinski definition) is 6. The largest absolute Gasteiger partial charge is 0.496 e. The van der Waals surface area contributed by atoms with E-state index < -0.39 is 12.6 Å². The number of aliphatic carboxylic acids is 1. The van der Waals surface area contributed by atoms with E-state index in [4.69, 9.17) is 30.9 Å². The number of methoxy groups -OCH3 is 1. The minimum Gasteiger partial charge on any atom is -0.496 e. The van der Waals surface area contributed by atoms with Crippen molar-refractivity contribution in [1.29, 1.82) is 0 Å². The summed E-state index contributed by atoms with van der Waals surface area (Å²) in [4.78, 5) is 10.7. The van der Waals surface area contributed by atoms with Crippen molar-refractivity contribution in [2.75, 3.05) is 20.3 Å². The Morgan fingerprint density at radius 2 is 2.04 bits per heavy atom. The molecular weight excluding hydrogens is 372 g/mol. The lowest BCUT2D eigenvalue weighted by molar-refractivity contribution is -0.139. The predicted octanol–water partition coefficient (Wildman–Crippen LogP) is 3.33. The third-order valence-corrected chi connectivity index (χ3v) is 3.72. The van der Waals surface area contributed by atoms with Gasteiger partial charge in [-0.15, -0.1) is 0 Å². The minimum absolute atomic E-state index is 0.194. The second-order valence-electron chi connectivity index (χ2n) is 5.35. The summed E-state index contributed by atoms with van der Waals surface area (Å²) in [5.41, 5.74) is 4.60. The Hall–Kier alpha value is -2.93. The number of carboxylic acid groups (broad SMARTS) is 1. The van der Waals surface area contributed by atoms with Crippen molar-refractivity contribution in [2.24, 2.45) is 5.10 Å². The quantitative estimate of drug-likeness (QED) is 0.476. The van der Waals surface area contributed by atoms with Gasteiger partial charge in [-0.2, -0.15) is 5.10 Å². The molecule has 0 aliphatic carbocycles. The number of rotatable bonds is 10. The van der Waals surface area contributed by atoms with Crippen molar-refractivity contribution >= 4 is 23.8 Å². The number of carboxylic acids is 1. The Kier molecular flexibility index (Phi) is 7.76. The Labute approximate surface area is 162 Å². The van der Waals surface area contributed by atoms with Crippen LogP contribution in [0, 0.1) is 0 Å². The van der Waals surface area contributed by atoms with E-state index in [-0.39, 0.29) is 10.8 Å². The van der Waals surface area contributed by atoms with Crippen LogP contribution in [0.2, 0.25) is 5.02 Å². The Balaban J connectivity index is 2.08. The maximum atomic E-state index is 10.7. The van der Waals surface area contributed by atoms with Crippen molar-refractivity contribution in [3.8, 4) is 17.2 Å². The normalized spacial score (nSPS) is 10.6. The molecule has 0 bridgehead atoms. The lowest BCUT2D eigenvalue weighted by atomic mass is 10.2. The van der Waals surface area contributed by atoms with Crippen LogP contribution < -0.4 is 19.6 Å². The molecule has 0 atom stereocenters. The highest BCUT2D eigenvalue weighted by molar-refractivity contribution is 6.32. The molecule has 2 N–H and O–H groups in total. The summed E-state index contributed by atoms with van der Waals surface area (Å²) in [7, 11) is 1.62. The molecule has 2 aromatic carbocycles. The van der Waals surface area contributed by atoms with Crippen LogP contribution in [0.4, 0.5) is 0 Å². The third-order valence-electron chi connectivity index (χ3n) is 3.44. The lowest BCUT2D eigenvalue weighted by Crippen LogP contribution is -2.11. The van der Waals surface area contributed by atoms with Crippen molar-refractivity contribution in [1.82, 2.24) is 5.43 Å². The number of nitrogens with one attached hydrogen (secondary N) is 1. The van der Waals surface area contributed by atoms with Gasteiger partial charge in [-0.05, 0) is 30.7 Å². The van der Waals surface area contributed by atoms with Crippen LogP contribution in [0.15, 0.2) is 41.5 Å². The molecule has 144 valence electrons. The Morgan fingerprint density at radius 3 is 2.74 bits per heavy atom. The number of carbonyl (C=O) groups is 1. The second kappa shape index (κ2) is 10.3. The second-order valence-corrected chi connectivity index (χ2v) is 5.76. The van der Waals surface area contributed by atoms with Crippen LogP contribution in [-0.2, 0) is 11.3 Å². The fourth-order valence-electron chi connectivity index (χ4n) is 2.30. The summed E-state index contributed by atoms with van der Waals surface area (Å²) < 4.78 is 16.0. The first-order chi connectivity index (χ1) is 13.0. The van der Waals surface area contributed by atoms with Crippen LogP contribution in [-0.4, -0.2) is 37.6 Å². The predicted molar refractivity (Wildman–Crippen MR) is 103 cm³/mol. The van der Waals surface area contributed by atoms with E-state index in [1.54, 1.807) is 25.5 Å². The number of nitrogens with zero attached hydrogens (tertiary/aromatic N) is 1. The molecule has 0 amide bonds. The molecule has 0 aliphatic heterocycles. The average Bonchev–Trinajstić information content (AvgIpc) is 2.65. The van der Waals surface area contributed by atoms with Crippen LogP contribution >= 0.6 is 11.6 Å². The average molecular weight is 393 g/mol. The van der Waals surface area contributed by atoms with Crippen LogP contribution in [0.25, 0.3) is 0 Å². The summed E-state index contributed by atoms with van der Waals surface area (Å²) >= 11 is 6.21. The molecule has 0 saturated heterocycles. The van der Waals surface area contributed by atoms with E-state index in [1.165, 1.54) is 0 Å². The number of hydrazone groups is 1. The molecule has 0 heterocycles. The zero-order valence-corrected chi connectivity index (χ0v) is 15.8. The number of hydrogen-bond donors (Lipinski definition) is 2. The van der Waals surface area contributed by atoms with Crippen molar-refractivity contribution < 1.29 is 24.1 Å². The number of benzene rings is 2. The SMILES string of the molecule is CCOc1cc(/C=N\NCc2ccccc2OC)cc(Cl)c1OCC(=O)O. The van der Waals surface area contributed by atoms with E-state index in [0.29, 0.717) is 24.5 Å². The van der Waals surface area contributed by atoms with Crippen LogP contribution in [0.5, 0.6) is 17.2 Å². The fourth-order valence-corrected chi connectivity index (χ4v) is 2.57. The van der Waals surface area contributed by atoms with Gasteiger partial charge in [-0.25, -0.2) is 4.79 Å². The molecule has 2 rings (SSSR count). The van der Waals surface area contributed by atoms with E-state index >= 15 is 0 Å². The first-order valence-electron chi connectivity index (χ1n) is 8.23. The lowest BCUT2D eigenvalue weighted by Gasteiger charge is -2.13. The maximum absolute atomic E-state index is 10.7. The summed E-state index contributed by atoms with van der Waals surface area (Å²) in [6.45, 7) is 2.18. The van der Waals surface area contributed by atoms with Crippen molar-refractivity contribution in [3.63, 3.8) is 0 Å². The van der Waals surface area contributed by atoms with E-state index in [1.807, 2.05) is 31.2 Å². The maximum Gasteiger partial charge on any atom is 0.341 e. The first kappa shape index (κ1) is 20.4. The molecule has 8 heteroatoms. The van der Waals surface area contributed by atoms with Gasteiger partial charge in [0.05, 0.1) is 31.5 Å². The van der Waals surface area contributed by atoms with Crippen molar-refractivity contribution in [3.05, 3.63) is 52.5 Å². The molecule has 27 heavy (non-hydrogen) atoms. The molecule has 0 aliphatic rings. The van der Waals surface area contributed by atoms with Gasteiger partial charge < -0.3 is 24.7 Å². The van der Waals surface area contributed by atoms with Gasteiger partial charge >= 0.3 is 5.97 Å². The summed E-state index contributed by atoms with van der Waals surface area (Å²) in [5, 5.41) is 13.2. The molecule has 0 saturated carbocycles. The number of ether oxygens (including phenoxy) is 3. The Bertz CT molecular complexity index is 811. The summed E-state index contributed by atoms with van der Waals surface area (Å²) in [5.74, 6) is 0.235. The standard InChI is InChI=1S/C19H21ClN2O5/c1-3-26-17-9-13(8-15(20)19(17)27-12-18(23)24)10-21-22-11-14-6-4-5-7-16(14)25-2/h4-10,22H,3,11-12H2,1-2H3,(H,23,24)/b21-10-. The van der Waals surface area contributed by atoms with Gasteiger partial charge in [0.15, 0.2) is 18.1 Å². The van der Waals surface area contributed by atoms with Gasteiger partial charge in [0.25, 0.3) is 0 Å². The third kappa shape index (κ3) is 6.07. The zero-order chi connectivity index (χ0) is 19.6. The van der Waals surface area contributed by atoms with E-state index in [9.17, 15) is 4.79 Å². The monoisotopic (exact) mass is 392 g/mol. The topological polar surface area (TPSA) is 89.4 Å². The van der Waals surface area contributed by atoms with Gasteiger partial charge in [-0.1, -0.05) is 29.8 Å². The van der Waals surface area contributed by atoms with E-state index in [0.717, 1.165) is 11.3 Å². The number of halogens is 1. The first-order valence-corrected chi connectivity index (χ1v) is 8.61. The van der Waals surface area contributed by atoms with Gasteiger partial charge in [0, 0.05) is 5.56 Å². The van der Waals surface area contributed by atoms with Crippen LogP contribution in [0.3, 0.4) is 0 Å². The van der Waals surface area contributed by atoms with Gasteiger partial charge in [0.1, 0.15) is 5.75 Å². The molecule has 0 radical (unpaired) electrons. The smallest absolute Gasteiger partial charge is 0.341 e. The Morgan fingerprint density at radius 1 is 1.26 bits per heavy atom.